The van der Waals surface area contributed by atoms with Gasteiger partial charge in [-0.05, 0) is 12.0 Å². The molecule has 0 atom stereocenters. The lowest BCUT2D eigenvalue weighted by atomic mass is 10.2. The molecule has 5 heteroatoms. The lowest BCUT2D eigenvalue weighted by molar-refractivity contribution is 0.0646. The van der Waals surface area contributed by atoms with E-state index in [2.05, 4.69) is 4.43 Å². The molecule has 0 saturated carbocycles. The van der Waals surface area contributed by atoms with Crippen LogP contribution in [0.5, 0.6) is 0 Å². The van der Waals surface area contributed by atoms with E-state index < -0.39 is 9.05 Å². The van der Waals surface area contributed by atoms with Gasteiger partial charge in [-0.1, -0.05) is 30.3 Å². The molecule has 0 aliphatic carbocycles. The molecule has 0 fully saturated rings. The van der Waals surface area contributed by atoms with Gasteiger partial charge in [-0.25, -0.2) is 0 Å². The molecule has 0 saturated heterocycles. The molecule has 72 valence electrons. The Morgan fingerprint density at radius 1 is 1.08 bits per heavy atom. The summed E-state index contributed by atoms with van der Waals surface area (Å²) in [4.78, 5) is 25.6. The Morgan fingerprint density at radius 2 is 1.69 bits per heavy atom. The third-order valence-corrected chi connectivity index (χ3v) is 2.12. The summed E-state index contributed by atoms with van der Waals surface area (Å²) in [7, 11) is -4.31. The molecule has 0 aromatic heterocycles. The fourth-order valence-corrected chi connectivity index (χ4v) is 1.33. The van der Waals surface area contributed by atoms with Gasteiger partial charge >= 0.3 is 9.05 Å². The van der Waals surface area contributed by atoms with Crippen LogP contribution in [-0.4, -0.2) is 30.0 Å². The first kappa shape index (κ1) is 10.4. The van der Waals surface area contributed by atoms with Crippen LogP contribution in [-0.2, 0) is 10.8 Å². The van der Waals surface area contributed by atoms with Crippen LogP contribution in [0.1, 0.15) is 5.56 Å². The van der Waals surface area contributed by atoms with Gasteiger partial charge in [0.25, 0.3) is 0 Å². The zero-order valence-corrected chi connectivity index (χ0v) is 8.05. The maximum Gasteiger partial charge on any atom is 0.671 e. The van der Waals surface area contributed by atoms with E-state index in [-0.39, 0.29) is 6.61 Å². The van der Waals surface area contributed by atoms with E-state index in [0.29, 0.717) is 6.42 Å². The predicted molar refractivity (Wildman–Crippen MR) is 48.5 cm³/mol. The van der Waals surface area contributed by atoms with Crippen molar-refractivity contribution in [3.8, 4) is 0 Å². The minimum Gasteiger partial charge on any atom is -0.368 e. The highest BCUT2D eigenvalue weighted by Crippen LogP contribution is 2.00. The van der Waals surface area contributed by atoms with E-state index in [4.69, 9.17) is 14.4 Å². The number of hydrogen-bond donors (Lipinski definition) is 3. The topological polar surface area (TPSA) is 69.9 Å². The SMILES string of the molecule is O[Si](O)(O)OCCc1ccccc1. The van der Waals surface area contributed by atoms with E-state index in [1.165, 1.54) is 0 Å². The van der Waals surface area contributed by atoms with Crippen molar-refractivity contribution in [2.45, 2.75) is 6.42 Å². The molecular weight excluding hydrogens is 188 g/mol. The summed E-state index contributed by atoms with van der Waals surface area (Å²) in [6, 6.07) is 9.47. The fraction of sp³-hybridized carbons (Fsp3) is 0.250. The van der Waals surface area contributed by atoms with Crippen LogP contribution in [0.2, 0.25) is 0 Å². The summed E-state index contributed by atoms with van der Waals surface area (Å²) >= 11 is 0. The summed E-state index contributed by atoms with van der Waals surface area (Å²) in [5.74, 6) is 0. The predicted octanol–water partition coefficient (Wildman–Crippen LogP) is -0.342. The highest BCUT2D eigenvalue weighted by molar-refractivity contribution is 6.48. The lowest BCUT2D eigenvalue weighted by Crippen LogP contribution is -2.39. The highest BCUT2D eigenvalue weighted by Gasteiger charge is 2.29. The Hall–Kier alpha value is -0.723. The molecule has 3 N–H and O–H groups in total. The summed E-state index contributed by atoms with van der Waals surface area (Å²) in [6.45, 7) is 0.111. The van der Waals surface area contributed by atoms with Crippen molar-refractivity contribution in [1.82, 2.24) is 0 Å². The van der Waals surface area contributed by atoms with Gasteiger partial charge in [0.15, 0.2) is 0 Å². The van der Waals surface area contributed by atoms with E-state index in [9.17, 15) is 0 Å². The van der Waals surface area contributed by atoms with E-state index in [0.717, 1.165) is 5.56 Å². The molecule has 0 unspecified atom stereocenters. The Kier molecular flexibility index (Phi) is 3.58. The summed E-state index contributed by atoms with van der Waals surface area (Å²) in [5.41, 5.74) is 1.03. The van der Waals surface area contributed by atoms with Gasteiger partial charge in [0, 0.05) is 6.61 Å². The van der Waals surface area contributed by atoms with Crippen molar-refractivity contribution < 1.29 is 18.8 Å². The Bertz CT molecular complexity index is 244. The summed E-state index contributed by atoms with van der Waals surface area (Å²) < 4.78 is 4.44. The van der Waals surface area contributed by atoms with Crippen LogP contribution >= 0.6 is 0 Å². The second-order valence-electron chi connectivity index (χ2n) is 2.66. The quantitative estimate of drug-likeness (QED) is 0.581. The maximum atomic E-state index is 8.52. The first-order valence-corrected chi connectivity index (χ1v) is 5.68. The third-order valence-electron chi connectivity index (χ3n) is 1.53. The van der Waals surface area contributed by atoms with Gasteiger partial charge in [0.2, 0.25) is 0 Å². The standard InChI is InChI=1S/C8H12O4Si/c9-13(10,11)12-7-6-8-4-2-1-3-5-8/h1-5,9-11H,6-7H2. The van der Waals surface area contributed by atoms with Crippen molar-refractivity contribution in [1.29, 1.82) is 0 Å². The van der Waals surface area contributed by atoms with Crippen molar-refractivity contribution in [2.75, 3.05) is 6.61 Å². The van der Waals surface area contributed by atoms with Crippen molar-refractivity contribution in [3.63, 3.8) is 0 Å². The van der Waals surface area contributed by atoms with Crippen LogP contribution in [0, 0.1) is 0 Å². The minimum absolute atomic E-state index is 0.111. The Balaban J connectivity index is 2.29. The second-order valence-corrected chi connectivity index (χ2v) is 4.09. The van der Waals surface area contributed by atoms with Crippen molar-refractivity contribution >= 4 is 9.05 Å². The van der Waals surface area contributed by atoms with Gasteiger partial charge in [0.05, 0.1) is 0 Å². The van der Waals surface area contributed by atoms with Gasteiger partial charge < -0.3 is 18.8 Å². The molecule has 0 aliphatic rings. The first-order valence-electron chi connectivity index (χ1n) is 3.93. The van der Waals surface area contributed by atoms with Gasteiger partial charge in [0.1, 0.15) is 0 Å². The monoisotopic (exact) mass is 200 g/mol. The minimum atomic E-state index is -4.31. The van der Waals surface area contributed by atoms with Crippen molar-refractivity contribution in [3.05, 3.63) is 35.9 Å². The molecule has 0 amide bonds. The maximum absolute atomic E-state index is 8.52. The van der Waals surface area contributed by atoms with E-state index in [1.54, 1.807) is 0 Å². The molecule has 0 aliphatic heterocycles. The molecular formula is C8H12O4Si. The number of benzene rings is 1. The second kappa shape index (κ2) is 4.50. The Morgan fingerprint density at radius 3 is 2.23 bits per heavy atom. The van der Waals surface area contributed by atoms with E-state index in [1.807, 2.05) is 30.3 Å². The molecule has 1 aromatic carbocycles. The zero-order valence-electron chi connectivity index (χ0n) is 7.05. The summed E-state index contributed by atoms with van der Waals surface area (Å²) in [5, 5.41) is 0. The van der Waals surface area contributed by atoms with E-state index >= 15 is 0 Å². The van der Waals surface area contributed by atoms with Crippen LogP contribution in [0.15, 0.2) is 30.3 Å². The largest absolute Gasteiger partial charge is 0.671 e. The number of hydrogen-bond acceptors (Lipinski definition) is 4. The zero-order chi connectivity index (χ0) is 9.73. The first-order chi connectivity index (χ1) is 6.08. The van der Waals surface area contributed by atoms with Crippen LogP contribution in [0.25, 0.3) is 0 Å². The molecule has 0 bridgehead atoms. The third kappa shape index (κ3) is 4.76. The average molecular weight is 200 g/mol. The summed E-state index contributed by atoms with van der Waals surface area (Å²) in [6.07, 6.45) is 0.553. The smallest absolute Gasteiger partial charge is 0.368 e. The van der Waals surface area contributed by atoms with Crippen LogP contribution in [0.3, 0.4) is 0 Å². The molecule has 4 nitrogen and oxygen atoms in total. The normalized spacial score (nSPS) is 11.6. The fourth-order valence-electron chi connectivity index (χ4n) is 0.950. The highest BCUT2D eigenvalue weighted by atomic mass is 28.4. The average Bonchev–Trinajstić information content (AvgIpc) is 2.04. The van der Waals surface area contributed by atoms with Crippen LogP contribution in [0.4, 0.5) is 0 Å². The van der Waals surface area contributed by atoms with Gasteiger partial charge in [-0.2, -0.15) is 0 Å². The Labute approximate surface area is 77.5 Å². The lowest BCUT2D eigenvalue weighted by Gasteiger charge is -2.09. The molecule has 13 heavy (non-hydrogen) atoms. The van der Waals surface area contributed by atoms with Gasteiger partial charge in [-0.3, -0.25) is 0 Å². The molecule has 1 rings (SSSR count). The molecule has 0 heterocycles. The molecule has 0 spiro atoms. The molecule has 0 radical (unpaired) electrons. The molecule has 1 aromatic rings. The van der Waals surface area contributed by atoms with Crippen molar-refractivity contribution in [2.24, 2.45) is 0 Å². The van der Waals surface area contributed by atoms with Gasteiger partial charge in [-0.15, -0.1) is 0 Å². The van der Waals surface area contributed by atoms with Crippen LogP contribution < -0.4 is 0 Å². The number of rotatable bonds is 4.